The van der Waals surface area contributed by atoms with Crippen LogP contribution in [0.4, 0.5) is 0 Å². The third kappa shape index (κ3) is 4.86. The Morgan fingerprint density at radius 3 is 2.74 bits per heavy atom. The molecule has 0 spiro atoms. The number of rotatable bonds is 10. The lowest BCUT2D eigenvalue weighted by Gasteiger charge is -2.13. The van der Waals surface area contributed by atoms with Gasteiger partial charge in [-0.1, -0.05) is 12.8 Å². The highest BCUT2D eigenvalue weighted by atomic mass is 32.2. The summed E-state index contributed by atoms with van der Waals surface area (Å²) in [6.45, 7) is 4.21. The fourth-order valence-electron chi connectivity index (χ4n) is 4.43. The zero-order valence-electron chi connectivity index (χ0n) is 19.5. The molecule has 10 nitrogen and oxygen atoms in total. The van der Waals surface area contributed by atoms with E-state index >= 15 is 0 Å². The molecule has 0 bridgehead atoms. The van der Waals surface area contributed by atoms with Crippen LogP contribution in [0.3, 0.4) is 0 Å². The van der Waals surface area contributed by atoms with E-state index in [1.165, 1.54) is 12.1 Å². The summed E-state index contributed by atoms with van der Waals surface area (Å²) in [6, 6.07) is 4.50. The van der Waals surface area contributed by atoms with Gasteiger partial charge in [-0.3, -0.25) is 4.79 Å². The molecule has 4 rings (SSSR count). The number of nitrogens with one attached hydrogen (secondary N) is 2. The number of benzene rings is 1. The molecule has 184 valence electrons. The van der Waals surface area contributed by atoms with Crippen molar-refractivity contribution in [1.82, 2.24) is 24.3 Å². The summed E-state index contributed by atoms with van der Waals surface area (Å²) in [4.78, 5) is 20.5. The second kappa shape index (κ2) is 10.2. The van der Waals surface area contributed by atoms with Crippen molar-refractivity contribution in [3.8, 4) is 17.1 Å². The molecule has 0 atom stereocenters. The van der Waals surface area contributed by atoms with Crippen LogP contribution >= 0.6 is 0 Å². The van der Waals surface area contributed by atoms with E-state index in [-0.39, 0.29) is 35.3 Å². The fraction of sp³-hybridized carbons (Fsp3) is 0.522. The Labute approximate surface area is 198 Å². The fourth-order valence-corrected chi connectivity index (χ4v) is 5.53. The monoisotopic (exact) mass is 489 g/mol. The maximum Gasteiger partial charge on any atom is 0.277 e. The number of aryl methyl sites for hydroxylation is 1. The number of unbranched alkanes of at least 4 members (excludes halogenated alkanes) is 1. The Morgan fingerprint density at radius 1 is 1.26 bits per heavy atom. The van der Waals surface area contributed by atoms with Crippen LogP contribution in [0.5, 0.6) is 5.75 Å². The molecule has 1 fully saturated rings. The summed E-state index contributed by atoms with van der Waals surface area (Å²) in [7, 11) is -3.80. The largest absolute Gasteiger partial charge is 0.493 e. The average molecular weight is 490 g/mol. The van der Waals surface area contributed by atoms with Gasteiger partial charge >= 0.3 is 0 Å². The molecule has 0 saturated heterocycles. The van der Waals surface area contributed by atoms with E-state index in [2.05, 4.69) is 14.7 Å². The molecule has 0 radical (unpaired) electrons. The number of ether oxygens (including phenoxy) is 1. The summed E-state index contributed by atoms with van der Waals surface area (Å²) in [6.07, 6.45) is 5.28. The highest BCUT2D eigenvalue weighted by molar-refractivity contribution is 7.89. The molecule has 0 aliphatic heterocycles. The van der Waals surface area contributed by atoms with Gasteiger partial charge in [-0.2, -0.15) is 0 Å². The lowest BCUT2D eigenvalue weighted by Crippen LogP contribution is -2.25. The molecule has 34 heavy (non-hydrogen) atoms. The van der Waals surface area contributed by atoms with Crippen LogP contribution in [0, 0.1) is 6.92 Å². The Kier molecular flexibility index (Phi) is 7.34. The van der Waals surface area contributed by atoms with Crippen molar-refractivity contribution >= 4 is 15.5 Å². The van der Waals surface area contributed by atoms with Gasteiger partial charge in [0.2, 0.25) is 10.0 Å². The number of aromatic nitrogens is 4. The van der Waals surface area contributed by atoms with Gasteiger partial charge < -0.3 is 14.8 Å². The number of aliphatic hydroxyl groups is 1. The zero-order chi connectivity index (χ0) is 24.3. The molecule has 2 heterocycles. The first-order valence-electron chi connectivity index (χ1n) is 11.7. The first-order chi connectivity index (χ1) is 16.4. The predicted molar refractivity (Wildman–Crippen MR) is 128 cm³/mol. The Balaban J connectivity index is 1.80. The van der Waals surface area contributed by atoms with Crippen molar-refractivity contribution in [2.24, 2.45) is 0 Å². The van der Waals surface area contributed by atoms with E-state index in [1.807, 2.05) is 6.92 Å². The molecule has 1 aliphatic carbocycles. The average Bonchev–Trinajstić information content (AvgIpc) is 3.45. The van der Waals surface area contributed by atoms with Crippen LogP contribution in [0.25, 0.3) is 16.9 Å². The minimum atomic E-state index is -3.80. The standard InChI is InChI=1S/C23H31N5O5S/c1-3-33-19-11-10-17(34(31,32)24-12-6-7-13-29)14-18(19)21-26-23(30)20-15(2)25-22(28(20)27-21)16-8-4-5-9-16/h10-11,14,16,24,29H,3-9,12-13H2,1-2H3,(H,26,27,30). The molecule has 2 aromatic heterocycles. The molecule has 1 saturated carbocycles. The van der Waals surface area contributed by atoms with Crippen molar-refractivity contribution < 1.29 is 18.3 Å². The number of hydrogen-bond acceptors (Lipinski definition) is 7. The molecule has 1 aliphatic rings. The van der Waals surface area contributed by atoms with Gasteiger partial charge in [0.25, 0.3) is 5.56 Å². The molecule has 1 aromatic carbocycles. The minimum Gasteiger partial charge on any atom is -0.493 e. The van der Waals surface area contributed by atoms with Crippen LogP contribution in [-0.4, -0.2) is 52.9 Å². The molecule has 11 heteroatoms. The number of hydrogen-bond donors (Lipinski definition) is 3. The molecular weight excluding hydrogens is 458 g/mol. The number of sulfonamides is 1. The normalized spacial score (nSPS) is 14.8. The molecule has 3 N–H and O–H groups in total. The van der Waals surface area contributed by atoms with Crippen LogP contribution in [0.15, 0.2) is 27.9 Å². The third-order valence-electron chi connectivity index (χ3n) is 6.11. The van der Waals surface area contributed by atoms with Crippen molar-refractivity contribution in [3.63, 3.8) is 0 Å². The Hall–Kier alpha value is -2.76. The number of imidazole rings is 1. The number of fused-ring (bicyclic) bond motifs is 1. The van der Waals surface area contributed by atoms with E-state index in [0.29, 0.717) is 42.0 Å². The summed E-state index contributed by atoms with van der Waals surface area (Å²) >= 11 is 0. The van der Waals surface area contributed by atoms with E-state index < -0.39 is 10.0 Å². The van der Waals surface area contributed by atoms with Crippen molar-refractivity contribution in [3.05, 3.63) is 40.1 Å². The summed E-state index contributed by atoms with van der Waals surface area (Å²) in [5.74, 6) is 1.65. The summed E-state index contributed by atoms with van der Waals surface area (Å²) in [5.41, 5.74) is 1.06. The second-order valence-corrected chi connectivity index (χ2v) is 10.3. The lowest BCUT2D eigenvalue weighted by atomic mass is 10.1. The number of aromatic amines is 1. The summed E-state index contributed by atoms with van der Waals surface area (Å²) in [5, 5.41) is 13.6. The maximum absolute atomic E-state index is 13.0. The van der Waals surface area contributed by atoms with E-state index in [4.69, 9.17) is 14.9 Å². The van der Waals surface area contributed by atoms with Crippen LogP contribution in [0.1, 0.15) is 62.9 Å². The number of nitrogens with zero attached hydrogens (tertiary/aromatic N) is 3. The lowest BCUT2D eigenvalue weighted by molar-refractivity contribution is 0.285. The Bertz CT molecular complexity index is 1330. The molecular formula is C23H31N5O5S. The van der Waals surface area contributed by atoms with Gasteiger partial charge in [0.05, 0.1) is 22.8 Å². The highest BCUT2D eigenvalue weighted by Gasteiger charge is 2.26. The first kappa shape index (κ1) is 24.4. The zero-order valence-corrected chi connectivity index (χ0v) is 20.3. The molecule has 3 aromatic rings. The van der Waals surface area contributed by atoms with Gasteiger partial charge in [-0.25, -0.2) is 22.6 Å². The third-order valence-corrected chi connectivity index (χ3v) is 7.57. The first-order valence-corrected chi connectivity index (χ1v) is 13.2. The highest BCUT2D eigenvalue weighted by Crippen LogP contribution is 2.34. The number of aliphatic hydroxyl groups excluding tert-OH is 1. The quantitative estimate of drug-likeness (QED) is 0.372. The topological polar surface area (TPSA) is 139 Å². The maximum atomic E-state index is 13.0. The van der Waals surface area contributed by atoms with Gasteiger partial charge in [-0.15, -0.1) is 5.10 Å². The smallest absolute Gasteiger partial charge is 0.277 e. The van der Waals surface area contributed by atoms with Crippen molar-refractivity contribution in [2.75, 3.05) is 19.8 Å². The van der Waals surface area contributed by atoms with Crippen molar-refractivity contribution in [2.45, 2.75) is 63.2 Å². The summed E-state index contributed by atoms with van der Waals surface area (Å²) < 4.78 is 35.6. The van der Waals surface area contributed by atoms with Crippen LogP contribution in [-0.2, 0) is 10.0 Å². The van der Waals surface area contributed by atoms with Gasteiger partial charge in [0, 0.05) is 19.1 Å². The number of H-pyrrole nitrogens is 1. The van der Waals surface area contributed by atoms with Gasteiger partial charge in [0.15, 0.2) is 11.3 Å². The van der Waals surface area contributed by atoms with Crippen LogP contribution in [0.2, 0.25) is 0 Å². The predicted octanol–water partition coefficient (Wildman–Crippen LogP) is 2.50. The molecule has 0 amide bonds. The van der Waals surface area contributed by atoms with Gasteiger partial charge in [-0.05, 0) is 57.7 Å². The second-order valence-electron chi connectivity index (χ2n) is 8.52. The van der Waals surface area contributed by atoms with E-state index in [0.717, 1.165) is 31.5 Å². The van der Waals surface area contributed by atoms with E-state index in [1.54, 1.807) is 17.5 Å². The Morgan fingerprint density at radius 2 is 2.03 bits per heavy atom. The van der Waals surface area contributed by atoms with Crippen LogP contribution < -0.4 is 15.0 Å². The van der Waals surface area contributed by atoms with E-state index in [9.17, 15) is 13.2 Å². The van der Waals surface area contributed by atoms with Gasteiger partial charge in [0.1, 0.15) is 11.6 Å². The minimum absolute atomic E-state index is 0.00695. The molecule has 0 unspecified atom stereocenters. The SMILES string of the molecule is CCOc1ccc(S(=O)(=O)NCCCCO)cc1-c1nn2c(C3CCCC3)nc(C)c2c(=O)[nH]1. The van der Waals surface area contributed by atoms with Crippen molar-refractivity contribution in [1.29, 1.82) is 0 Å².